The first-order valence-electron chi connectivity index (χ1n) is 9.52. The van der Waals surface area contributed by atoms with Crippen LogP contribution in [0.3, 0.4) is 0 Å². The van der Waals surface area contributed by atoms with Crippen molar-refractivity contribution >= 4 is 17.3 Å². The van der Waals surface area contributed by atoms with E-state index in [9.17, 15) is 4.79 Å². The van der Waals surface area contributed by atoms with Gasteiger partial charge in [-0.1, -0.05) is 26.0 Å². The van der Waals surface area contributed by atoms with Crippen LogP contribution in [0.15, 0.2) is 35.5 Å². The zero-order valence-corrected chi connectivity index (χ0v) is 17.1. The van der Waals surface area contributed by atoms with E-state index in [4.69, 9.17) is 0 Å². The molecule has 0 fully saturated rings. The highest BCUT2D eigenvalue weighted by molar-refractivity contribution is 6.01. The summed E-state index contributed by atoms with van der Waals surface area (Å²) < 4.78 is 1.90. The maximum atomic E-state index is 13.2. The van der Waals surface area contributed by atoms with E-state index in [0.29, 0.717) is 6.42 Å². The van der Waals surface area contributed by atoms with E-state index in [1.807, 2.05) is 32.7 Å². The molecule has 1 N–H and O–H groups in total. The molecule has 5 heteroatoms. The molecule has 0 bridgehead atoms. The van der Waals surface area contributed by atoms with Crippen LogP contribution in [0.4, 0.5) is 11.5 Å². The number of anilines is 2. The first-order chi connectivity index (χ1) is 12.7. The van der Waals surface area contributed by atoms with Crippen molar-refractivity contribution in [2.75, 3.05) is 24.3 Å². The van der Waals surface area contributed by atoms with Crippen LogP contribution >= 0.6 is 0 Å². The third-order valence-corrected chi connectivity index (χ3v) is 5.78. The van der Waals surface area contributed by atoms with Crippen LogP contribution in [0.2, 0.25) is 0 Å². The first kappa shape index (κ1) is 17.8. The normalized spacial score (nSPS) is 20.8. The van der Waals surface area contributed by atoms with Gasteiger partial charge in [-0.3, -0.25) is 9.48 Å². The number of hydrogen-bond acceptors (Lipinski definition) is 4. The number of allylic oxidation sites excluding steroid dienone is 2. The van der Waals surface area contributed by atoms with Crippen molar-refractivity contribution in [2.45, 2.75) is 39.5 Å². The number of aromatic nitrogens is 2. The third-order valence-electron chi connectivity index (χ3n) is 5.78. The summed E-state index contributed by atoms with van der Waals surface area (Å²) in [6, 6.07) is 8.55. The Balaban J connectivity index is 1.91. The number of carbonyl (C=O) groups is 1. The summed E-state index contributed by atoms with van der Waals surface area (Å²) in [6.45, 7) is 6.37. The van der Waals surface area contributed by atoms with Gasteiger partial charge in [0.15, 0.2) is 5.78 Å². The highest BCUT2D eigenvalue weighted by atomic mass is 16.1. The number of nitrogens with zero attached hydrogens (tertiary/aromatic N) is 3. The Morgan fingerprint density at radius 1 is 1.19 bits per heavy atom. The van der Waals surface area contributed by atoms with Gasteiger partial charge in [-0.15, -0.1) is 0 Å². The number of Topliss-reactive ketones (excluding diaryl/α,β-unsaturated/α-hetero) is 1. The molecule has 1 aromatic heterocycles. The van der Waals surface area contributed by atoms with Gasteiger partial charge in [-0.2, -0.15) is 5.10 Å². The van der Waals surface area contributed by atoms with Crippen molar-refractivity contribution in [3.63, 3.8) is 0 Å². The predicted molar refractivity (Wildman–Crippen MR) is 109 cm³/mol. The lowest BCUT2D eigenvalue weighted by Gasteiger charge is -2.38. The minimum atomic E-state index is -0.0511. The molecule has 1 aliphatic heterocycles. The maximum absolute atomic E-state index is 13.2. The number of ketones is 1. The Morgan fingerprint density at radius 2 is 1.85 bits per heavy atom. The third kappa shape index (κ3) is 2.85. The van der Waals surface area contributed by atoms with Crippen LogP contribution in [0.25, 0.3) is 0 Å². The van der Waals surface area contributed by atoms with Crippen molar-refractivity contribution in [1.82, 2.24) is 9.78 Å². The molecule has 0 saturated carbocycles. The van der Waals surface area contributed by atoms with E-state index in [2.05, 4.69) is 53.4 Å². The maximum Gasteiger partial charge on any atom is 0.162 e. The minimum Gasteiger partial charge on any atom is -0.378 e. The summed E-state index contributed by atoms with van der Waals surface area (Å²) in [5.41, 5.74) is 6.38. The number of rotatable bonds is 2. The van der Waals surface area contributed by atoms with Gasteiger partial charge in [0.1, 0.15) is 5.82 Å². The smallest absolute Gasteiger partial charge is 0.162 e. The second kappa shape index (κ2) is 5.98. The Bertz CT molecular complexity index is 947. The Kier molecular flexibility index (Phi) is 3.95. The van der Waals surface area contributed by atoms with Crippen molar-refractivity contribution in [2.24, 2.45) is 12.5 Å². The zero-order chi connectivity index (χ0) is 19.5. The molecule has 0 spiro atoms. The standard InChI is InChI=1S/C22H28N4O/c1-13-18-19(14-7-9-15(10-8-14)25(4)5)20-16(23-21(18)26(6)24-13)11-22(2,3)12-17(20)27/h7-10,19,23H,11-12H2,1-6H3/t19-/m1/s1. The van der Waals surface area contributed by atoms with Crippen LogP contribution in [-0.2, 0) is 11.8 Å². The molecule has 27 heavy (non-hydrogen) atoms. The van der Waals surface area contributed by atoms with Crippen molar-refractivity contribution in [3.8, 4) is 0 Å². The van der Waals surface area contributed by atoms with Crippen LogP contribution in [-0.4, -0.2) is 29.7 Å². The highest BCUT2D eigenvalue weighted by Crippen LogP contribution is 2.49. The molecule has 2 heterocycles. The van der Waals surface area contributed by atoms with Crippen LogP contribution in [0, 0.1) is 12.3 Å². The summed E-state index contributed by atoms with van der Waals surface area (Å²) in [6.07, 6.45) is 1.47. The quantitative estimate of drug-likeness (QED) is 0.875. The Labute approximate surface area is 161 Å². The Hall–Kier alpha value is -2.56. The second-order valence-electron chi connectivity index (χ2n) is 8.85. The Morgan fingerprint density at radius 3 is 2.48 bits per heavy atom. The lowest BCUT2D eigenvalue weighted by molar-refractivity contribution is -0.118. The van der Waals surface area contributed by atoms with Gasteiger partial charge in [-0.25, -0.2) is 0 Å². The molecule has 0 saturated heterocycles. The first-order valence-corrected chi connectivity index (χ1v) is 9.52. The van der Waals surface area contributed by atoms with Gasteiger partial charge in [0.25, 0.3) is 0 Å². The zero-order valence-electron chi connectivity index (χ0n) is 17.1. The molecule has 4 rings (SSSR count). The fraction of sp³-hybridized carbons (Fsp3) is 0.455. The van der Waals surface area contributed by atoms with Gasteiger partial charge in [0.05, 0.1) is 5.69 Å². The highest BCUT2D eigenvalue weighted by Gasteiger charge is 2.42. The molecule has 0 radical (unpaired) electrons. The molecule has 0 unspecified atom stereocenters. The molecule has 5 nitrogen and oxygen atoms in total. The molecule has 1 atom stereocenters. The number of aryl methyl sites for hydroxylation is 2. The van der Waals surface area contributed by atoms with Crippen LogP contribution < -0.4 is 10.2 Å². The molecule has 2 aliphatic rings. The van der Waals surface area contributed by atoms with Crippen LogP contribution in [0.5, 0.6) is 0 Å². The SMILES string of the molecule is Cc1nn(C)c2c1[C@@H](c1ccc(N(C)C)cc1)C1=C(CC(C)(C)CC1=O)N2. The lowest BCUT2D eigenvalue weighted by atomic mass is 9.69. The molecule has 1 aromatic carbocycles. The fourth-order valence-corrected chi connectivity index (χ4v) is 4.54. The minimum absolute atomic E-state index is 0.0204. The molecule has 1 aliphatic carbocycles. The number of fused-ring (bicyclic) bond motifs is 1. The molecular formula is C22H28N4O. The summed E-state index contributed by atoms with van der Waals surface area (Å²) in [4.78, 5) is 15.3. The van der Waals surface area contributed by atoms with Gasteiger partial charge in [0.2, 0.25) is 0 Å². The second-order valence-corrected chi connectivity index (χ2v) is 8.85. The van der Waals surface area contributed by atoms with Crippen molar-refractivity contribution < 1.29 is 4.79 Å². The van der Waals surface area contributed by atoms with Gasteiger partial charge < -0.3 is 10.2 Å². The lowest BCUT2D eigenvalue weighted by Crippen LogP contribution is -2.34. The van der Waals surface area contributed by atoms with Crippen molar-refractivity contribution in [3.05, 3.63) is 52.4 Å². The number of nitrogens with one attached hydrogen (secondary N) is 1. The monoisotopic (exact) mass is 364 g/mol. The molecular weight excluding hydrogens is 336 g/mol. The molecule has 2 aromatic rings. The van der Waals surface area contributed by atoms with Crippen molar-refractivity contribution in [1.29, 1.82) is 0 Å². The van der Waals surface area contributed by atoms with Gasteiger partial charge >= 0.3 is 0 Å². The number of carbonyl (C=O) groups excluding carboxylic acids is 1. The summed E-state index contributed by atoms with van der Waals surface area (Å²) in [5, 5.41) is 8.20. The molecule has 142 valence electrons. The van der Waals surface area contributed by atoms with E-state index in [1.54, 1.807) is 0 Å². The van der Waals surface area contributed by atoms with Gasteiger partial charge in [-0.05, 0) is 36.5 Å². The van der Waals surface area contributed by atoms with E-state index in [0.717, 1.165) is 46.0 Å². The van der Waals surface area contributed by atoms with E-state index in [-0.39, 0.29) is 17.1 Å². The molecule has 0 amide bonds. The summed E-state index contributed by atoms with van der Waals surface area (Å²) in [5.74, 6) is 1.22. The van der Waals surface area contributed by atoms with Gasteiger partial charge in [0, 0.05) is 56.0 Å². The largest absolute Gasteiger partial charge is 0.378 e. The summed E-state index contributed by atoms with van der Waals surface area (Å²) >= 11 is 0. The average molecular weight is 364 g/mol. The number of hydrogen-bond donors (Lipinski definition) is 1. The predicted octanol–water partition coefficient (Wildman–Crippen LogP) is 4.00. The van der Waals surface area contributed by atoms with E-state index >= 15 is 0 Å². The topological polar surface area (TPSA) is 50.2 Å². The van der Waals surface area contributed by atoms with Crippen LogP contribution in [0.1, 0.15) is 49.4 Å². The van der Waals surface area contributed by atoms with E-state index < -0.39 is 0 Å². The fourth-order valence-electron chi connectivity index (χ4n) is 4.54. The van der Waals surface area contributed by atoms with E-state index in [1.165, 1.54) is 0 Å². The number of benzene rings is 1. The average Bonchev–Trinajstić information content (AvgIpc) is 2.86. The summed E-state index contributed by atoms with van der Waals surface area (Å²) in [7, 11) is 6.04.